The van der Waals surface area contributed by atoms with Gasteiger partial charge in [0, 0.05) is 24.5 Å². The number of amides is 3. The average molecular weight is 389 g/mol. The van der Waals surface area contributed by atoms with E-state index in [1.54, 1.807) is 23.5 Å². The van der Waals surface area contributed by atoms with Gasteiger partial charge in [-0.05, 0) is 47.5 Å². The van der Waals surface area contributed by atoms with Gasteiger partial charge in [-0.25, -0.2) is 9.18 Å². The maximum Gasteiger partial charge on any atom is 0.315 e. The van der Waals surface area contributed by atoms with Crippen LogP contribution in [0.5, 0.6) is 0 Å². The Bertz CT molecular complexity index is 791. The highest BCUT2D eigenvalue weighted by molar-refractivity contribution is 7.10. The first-order chi connectivity index (χ1) is 13.1. The molecule has 0 unspecified atom stereocenters. The summed E-state index contributed by atoms with van der Waals surface area (Å²) in [7, 11) is 0. The summed E-state index contributed by atoms with van der Waals surface area (Å²) in [5, 5.41) is 7.60. The van der Waals surface area contributed by atoms with Crippen molar-refractivity contribution in [2.45, 2.75) is 45.3 Å². The predicted molar refractivity (Wildman–Crippen MR) is 104 cm³/mol. The Labute approximate surface area is 162 Å². The van der Waals surface area contributed by atoms with Crippen molar-refractivity contribution in [2.75, 3.05) is 6.54 Å². The molecule has 1 aromatic heterocycles. The van der Waals surface area contributed by atoms with Crippen LogP contribution in [0.1, 0.15) is 35.8 Å². The summed E-state index contributed by atoms with van der Waals surface area (Å²) >= 11 is 1.73. The van der Waals surface area contributed by atoms with Gasteiger partial charge in [0.2, 0.25) is 5.91 Å². The van der Waals surface area contributed by atoms with E-state index < -0.39 is 6.04 Å². The van der Waals surface area contributed by atoms with Gasteiger partial charge in [-0.15, -0.1) is 11.3 Å². The Morgan fingerprint density at radius 1 is 1.26 bits per heavy atom. The summed E-state index contributed by atoms with van der Waals surface area (Å²) in [4.78, 5) is 28.3. The van der Waals surface area contributed by atoms with Crippen LogP contribution in [0.25, 0.3) is 0 Å². The van der Waals surface area contributed by atoms with Crippen LogP contribution in [0.3, 0.4) is 0 Å². The Kier molecular flexibility index (Phi) is 6.45. The molecule has 0 saturated carbocycles. The monoisotopic (exact) mass is 389 g/mol. The van der Waals surface area contributed by atoms with Crippen molar-refractivity contribution in [1.82, 2.24) is 15.5 Å². The van der Waals surface area contributed by atoms with Crippen LogP contribution in [0.15, 0.2) is 35.7 Å². The van der Waals surface area contributed by atoms with Crippen LogP contribution in [-0.2, 0) is 24.3 Å². The molecule has 1 aliphatic rings. The van der Waals surface area contributed by atoms with Gasteiger partial charge in [0.25, 0.3) is 0 Å². The van der Waals surface area contributed by atoms with Crippen LogP contribution in [0, 0.1) is 5.82 Å². The number of nitrogens with zero attached hydrogens (tertiary/aromatic N) is 1. The zero-order chi connectivity index (χ0) is 19.2. The van der Waals surface area contributed by atoms with E-state index in [-0.39, 0.29) is 24.3 Å². The molecule has 2 N–H and O–H groups in total. The highest BCUT2D eigenvalue weighted by Crippen LogP contribution is 2.24. The molecular formula is C20H24FN3O2S. The third-order valence-corrected chi connectivity index (χ3v) is 5.69. The van der Waals surface area contributed by atoms with E-state index in [2.05, 4.69) is 22.1 Å². The van der Waals surface area contributed by atoms with Crippen molar-refractivity contribution in [3.63, 3.8) is 0 Å². The quantitative estimate of drug-likeness (QED) is 0.795. The van der Waals surface area contributed by atoms with E-state index in [4.69, 9.17) is 0 Å². The number of benzene rings is 1. The SMILES string of the molecule is CCC[C@@H](NC(=O)NCc1ccc(F)cc1)C(=O)N1CCc2sccc2C1. The molecule has 1 aromatic carbocycles. The molecule has 0 aliphatic carbocycles. The molecule has 3 rings (SSSR count). The summed E-state index contributed by atoms with van der Waals surface area (Å²) in [6.07, 6.45) is 2.26. The first kappa shape index (κ1) is 19.4. The fourth-order valence-electron chi connectivity index (χ4n) is 3.20. The predicted octanol–water partition coefficient (Wildman–Crippen LogP) is 3.44. The van der Waals surface area contributed by atoms with Gasteiger partial charge in [-0.1, -0.05) is 25.5 Å². The molecule has 2 heterocycles. The first-order valence-electron chi connectivity index (χ1n) is 9.19. The van der Waals surface area contributed by atoms with Gasteiger partial charge in [-0.2, -0.15) is 0 Å². The van der Waals surface area contributed by atoms with Crippen molar-refractivity contribution in [1.29, 1.82) is 0 Å². The zero-order valence-corrected chi connectivity index (χ0v) is 16.2. The number of rotatable bonds is 6. The van der Waals surface area contributed by atoms with Gasteiger partial charge in [-0.3, -0.25) is 4.79 Å². The third kappa shape index (κ3) is 5.07. The minimum absolute atomic E-state index is 0.0365. The second kappa shape index (κ2) is 8.99. The summed E-state index contributed by atoms with van der Waals surface area (Å²) < 4.78 is 12.9. The maximum absolute atomic E-state index is 12.9. The van der Waals surface area contributed by atoms with Crippen molar-refractivity contribution in [3.8, 4) is 0 Å². The summed E-state index contributed by atoms with van der Waals surface area (Å²) in [6.45, 7) is 3.56. The van der Waals surface area contributed by atoms with E-state index in [0.29, 0.717) is 19.5 Å². The number of nitrogens with one attached hydrogen (secondary N) is 2. The van der Waals surface area contributed by atoms with Gasteiger partial charge in [0.1, 0.15) is 11.9 Å². The molecule has 1 atom stereocenters. The van der Waals surface area contributed by atoms with E-state index in [1.165, 1.54) is 22.6 Å². The lowest BCUT2D eigenvalue weighted by Gasteiger charge is -2.30. The lowest BCUT2D eigenvalue weighted by molar-refractivity contribution is -0.134. The average Bonchev–Trinajstić information content (AvgIpc) is 3.14. The molecule has 0 radical (unpaired) electrons. The Balaban J connectivity index is 1.55. The number of hydrogen-bond donors (Lipinski definition) is 2. The Morgan fingerprint density at radius 2 is 2.04 bits per heavy atom. The van der Waals surface area contributed by atoms with Gasteiger partial charge in [0.05, 0.1) is 0 Å². The summed E-state index contributed by atoms with van der Waals surface area (Å²) in [5.41, 5.74) is 2.00. The highest BCUT2D eigenvalue weighted by atomic mass is 32.1. The fourth-order valence-corrected chi connectivity index (χ4v) is 4.09. The molecule has 2 aromatic rings. The lowest BCUT2D eigenvalue weighted by atomic mass is 10.1. The van der Waals surface area contributed by atoms with Gasteiger partial charge < -0.3 is 15.5 Å². The van der Waals surface area contributed by atoms with E-state index >= 15 is 0 Å². The van der Waals surface area contributed by atoms with Crippen molar-refractivity contribution in [2.24, 2.45) is 0 Å². The molecule has 1 aliphatic heterocycles. The molecule has 5 nitrogen and oxygen atoms in total. The largest absolute Gasteiger partial charge is 0.336 e. The Hall–Kier alpha value is -2.41. The van der Waals surface area contributed by atoms with Gasteiger partial charge >= 0.3 is 6.03 Å². The van der Waals surface area contributed by atoms with Crippen LogP contribution >= 0.6 is 11.3 Å². The molecular weight excluding hydrogens is 365 g/mol. The van der Waals surface area contributed by atoms with Gasteiger partial charge in [0.15, 0.2) is 0 Å². The van der Waals surface area contributed by atoms with Crippen molar-refractivity contribution in [3.05, 3.63) is 57.5 Å². The molecule has 0 spiro atoms. The molecule has 7 heteroatoms. The fraction of sp³-hybridized carbons (Fsp3) is 0.400. The summed E-state index contributed by atoms with van der Waals surface area (Å²) in [6, 6.07) is 7.09. The van der Waals surface area contributed by atoms with Crippen LogP contribution in [0.2, 0.25) is 0 Å². The number of hydrogen-bond acceptors (Lipinski definition) is 3. The van der Waals surface area contributed by atoms with E-state index in [9.17, 15) is 14.0 Å². The normalized spacial score (nSPS) is 14.4. The maximum atomic E-state index is 12.9. The second-order valence-corrected chi connectivity index (χ2v) is 7.67. The smallest absolute Gasteiger partial charge is 0.315 e. The van der Waals surface area contributed by atoms with E-state index in [0.717, 1.165) is 18.4 Å². The number of fused-ring (bicyclic) bond motifs is 1. The topological polar surface area (TPSA) is 61.4 Å². The highest BCUT2D eigenvalue weighted by Gasteiger charge is 2.28. The molecule has 27 heavy (non-hydrogen) atoms. The number of thiophene rings is 1. The van der Waals surface area contributed by atoms with E-state index in [1.807, 2.05) is 11.8 Å². The minimum Gasteiger partial charge on any atom is -0.336 e. The zero-order valence-electron chi connectivity index (χ0n) is 15.3. The lowest BCUT2D eigenvalue weighted by Crippen LogP contribution is -2.51. The first-order valence-corrected chi connectivity index (χ1v) is 10.1. The standard InChI is InChI=1S/C20H24FN3O2S/c1-2-3-17(19(25)24-10-8-18-15(13-24)9-11-27-18)23-20(26)22-12-14-4-6-16(21)7-5-14/h4-7,9,11,17H,2-3,8,10,12-13H2,1H3,(H2,22,23,26)/t17-/m1/s1. The summed E-state index contributed by atoms with van der Waals surface area (Å²) in [5.74, 6) is -0.349. The number of halogens is 1. The molecule has 3 amide bonds. The second-order valence-electron chi connectivity index (χ2n) is 6.67. The van der Waals surface area contributed by atoms with Crippen LogP contribution in [-0.4, -0.2) is 29.4 Å². The number of carbonyl (C=O) groups is 2. The molecule has 144 valence electrons. The minimum atomic E-state index is -0.539. The van der Waals surface area contributed by atoms with Crippen molar-refractivity contribution >= 4 is 23.3 Å². The molecule has 0 bridgehead atoms. The molecule has 0 saturated heterocycles. The molecule has 0 fully saturated rings. The van der Waals surface area contributed by atoms with Crippen LogP contribution in [0.4, 0.5) is 9.18 Å². The number of carbonyl (C=O) groups excluding carboxylic acids is 2. The Morgan fingerprint density at radius 3 is 2.78 bits per heavy atom. The van der Waals surface area contributed by atoms with Crippen molar-refractivity contribution < 1.29 is 14.0 Å². The number of urea groups is 1. The van der Waals surface area contributed by atoms with Crippen LogP contribution < -0.4 is 10.6 Å². The third-order valence-electron chi connectivity index (χ3n) is 4.67.